The molecule has 0 unspecified atom stereocenters. The second-order valence-corrected chi connectivity index (χ2v) is 9.66. The SMILES string of the molecule is CCN(CC)C(=O)c1ccc(-c2cc(NCCCN3CCCCC3)c3cncc(Br)c3n2)cc1. The highest BCUT2D eigenvalue weighted by atomic mass is 79.9. The van der Waals surface area contributed by atoms with Gasteiger partial charge in [0.25, 0.3) is 5.91 Å². The van der Waals surface area contributed by atoms with Crippen molar-refractivity contribution in [2.24, 2.45) is 0 Å². The standard InChI is InChI=1S/C27H34BrN5O/c1-3-33(4-2)27(34)21-11-9-20(10-12-21)24-17-25(22-18-29-19-23(28)26(22)31-24)30-13-8-16-32-14-6-5-7-15-32/h9-12,17-19H,3-8,13-16H2,1-2H3,(H,30,31). The molecule has 6 nitrogen and oxygen atoms in total. The molecule has 0 aliphatic carbocycles. The summed E-state index contributed by atoms with van der Waals surface area (Å²) in [4.78, 5) is 26.4. The van der Waals surface area contributed by atoms with E-state index in [0.29, 0.717) is 18.7 Å². The van der Waals surface area contributed by atoms with Crippen molar-refractivity contribution in [1.82, 2.24) is 19.8 Å². The quantitative estimate of drug-likeness (QED) is 0.357. The molecule has 1 aliphatic heterocycles. The molecule has 0 radical (unpaired) electrons. The first kappa shape index (κ1) is 24.6. The van der Waals surface area contributed by atoms with Crippen molar-refractivity contribution in [3.8, 4) is 11.3 Å². The lowest BCUT2D eigenvalue weighted by Gasteiger charge is -2.26. The second-order valence-electron chi connectivity index (χ2n) is 8.81. The van der Waals surface area contributed by atoms with Crippen molar-refractivity contribution >= 4 is 38.4 Å². The predicted molar refractivity (Wildman–Crippen MR) is 143 cm³/mol. The summed E-state index contributed by atoms with van der Waals surface area (Å²) < 4.78 is 0.872. The van der Waals surface area contributed by atoms with Crippen molar-refractivity contribution in [3.05, 3.63) is 52.8 Å². The molecule has 1 amide bonds. The highest BCUT2D eigenvalue weighted by Gasteiger charge is 2.15. The molecule has 2 aromatic heterocycles. The average molecular weight is 525 g/mol. The normalized spacial score (nSPS) is 14.3. The van der Waals surface area contributed by atoms with Crippen LogP contribution in [0.2, 0.25) is 0 Å². The lowest BCUT2D eigenvalue weighted by molar-refractivity contribution is 0.0773. The summed E-state index contributed by atoms with van der Waals surface area (Å²) in [6.45, 7) is 9.91. The third-order valence-corrected chi connectivity index (χ3v) is 7.15. The van der Waals surface area contributed by atoms with E-state index in [-0.39, 0.29) is 5.91 Å². The van der Waals surface area contributed by atoms with Crippen LogP contribution in [0.3, 0.4) is 0 Å². The highest BCUT2D eigenvalue weighted by molar-refractivity contribution is 9.10. The van der Waals surface area contributed by atoms with Gasteiger partial charge in [-0.3, -0.25) is 9.78 Å². The number of hydrogen-bond acceptors (Lipinski definition) is 5. The molecule has 1 aliphatic rings. The zero-order valence-electron chi connectivity index (χ0n) is 20.2. The minimum absolute atomic E-state index is 0.0629. The maximum absolute atomic E-state index is 12.7. The van der Waals surface area contributed by atoms with E-state index in [0.717, 1.165) is 51.8 Å². The van der Waals surface area contributed by atoms with Crippen LogP contribution in [-0.4, -0.2) is 64.9 Å². The van der Waals surface area contributed by atoms with Gasteiger partial charge in [-0.2, -0.15) is 0 Å². The molecule has 7 heteroatoms. The van der Waals surface area contributed by atoms with Crippen LogP contribution in [0.15, 0.2) is 47.2 Å². The van der Waals surface area contributed by atoms with E-state index in [2.05, 4.69) is 37.2 Å². The second kappa shape index (κ2) is 11.8. The molecule has 1 saturated heterocycles. The number of nitrogens with zero attached hydrogens (tertiary/aromatic N) is 4. The number of anilines is 1. The first-order chi connectivity index (χ1) is 16.6. The van der Waals surface area contributed by atoms with Crippen LogP contribution in [0.5, 0.6) is 0 Å². The topological polar surface area (TPSA) is 61.4 Å². The smallest absolute Gasteiger partial charge is 0.253 e. The third-order valence-electron chi connectivity index (χ3n) is 6.57. The zero-order chi connectivity index (χ0) is 23.9. The maximum Gasteiger partial charge on any atom is 0.253 e. The molecule has 1 fully saturated rings. The molecule has 180 valence electrons. The number of fused-ring (bicyclic) bond motifs is 1. The van der Waals surface area contributed by atoms with Crippen molar-refractivity contribution in [1.29, 1.82) is 0 Å². The molecule has 0 spiro atoms. The van der Waals surface area contributed by atoms with Crippen molar-refractivity contribution < 1.29 is 4.79 Å². The van der Waals surface area contributed by atoms with E-state index >= 15 is 0 Å². The number of rotatable bonds is 9. The Morgan fingerprint density at radius 3 is 2.53 bits per heavy atom. The Balaban J connectivity index is 1.54. The Hall–Kier alpha value is -2.51. The number of carbonyl (C=O) groups is 1. The van der Waals surface area contributed by atoms with Gasteiger partial charge >= 0.3 is 0 Å². The summed E-state index contributed by atoms with van der Waals surface area (Å²) in [6, 6.07) is 9.86. The fraction of sp³-hybridized carbons (Fsp3) is 0.444. The molecule has 4 rings (SSSR count). The van der Waals surface area contributed by atoms with Crippen molar-refractivity contribution in [2.75, 3.05) is 44.6 Å². The third kappa shape index (κ3) is 5.76. The number of hydrogen-bond donors (Lipinski definition) is 1. The van der Waals surface area contributed by atoms with E-state index < -0.39 is 0 Å². The average Bonchev–Trinajstić information content (AvgIpc) is 2.88. The van der Waals surface area contributed by atoms with Gasteiger partial charge in [-0.1, -0.05) is 18.6 Å². The summed E-state index contributed by atoms with van der Waals surface area (Å²) in [7, 11) is 0. The molecule has 0 bridgehead atoms. The molecule has 34 heavy (non-hydrogen) atoms. The molecule has 3 heterocycles. The summed E-state index contributed by atoms with van der Waals surface area (Å²) >= 11 is 3.62. The van der Waals surface area contributed by atoms with E-state index in [9.17, 15) is 4.79 Å². The Morgan fingerprint density at radius 2 is 1.82 bits per heavy atom. The Kier molecular flexibility index (Phi) is 8.51. The number of halogens is 1. The molecule has 0 saturated carbocycles. The van der Waals surface area contributed by atoms with Gasteiger partial charge in [0, 0.05) is 54.2 Å². The van der Waals surface area contributed by atoms with E-state index in [1.165, 1.54) is 32.4 Å². The molecule has 1 aromatic carbocycles. The summed E-state index contributed by atoms with van der Waals surface area (Å²) in [6.07, 6.45) is 8.77. The molecule has 1 N–H and O–H groups in total. The van der Waals surface area contributed by atoms with Gasteiger partial charge in [0.15, 0.2) is 0 Å². The number of aromatic nitrogens is 2. The minimum Gasteiger partial charge on any atom is -0.384 e. The Labute approximate surface area is 210 Å². The first-order valence-electron chi connectivity index (χ1n) is 12.4. The number of amides is 1. The number of likely N-dealkylation sites (tertiary alicyclic amines) is 1. The van der Waals surface area contributed by atoms with Crippen LogP contribution in [0, 0.1) is 0 Å². The molecule has 0 atom stereocenters. The molecule has 3 aromatic rings. The van der Waals surface area contributed by atoms with Crippen LogP contribution >= 0.6 is 15.9 Å². The Morgan fingerprint density at radius 1 is 1.09 bits per heavy atom. The van der Waals surface area contributed by atoms with Gasteiger partial charge in [-0.05, 0) is 86.9 Å². The van der Waals surface area contributed by atoms with E-state index in [4.69, 9.17) is 4.98 Å². The predicted octanol–water partition coefficient (Wildman–Crippen LogP) is 5.83. The number of pyridine rings is 2. The van der Waals surface area contributed by atoms with Gasteiger partial charge in [0.2, 0.25) is 0 Å². The van der Waals surface area contributed by atoms with E-state index in [1.807, 2.05) is 49.2 Å². The van der Waals surface area contributed by atoms with Crippen molar-refractivity contribution in [3.63, 3.8) is 0 Å². The first-order valence-corrected chi connectivity index (χ1v) is 13.2. The fourth-order valence-corrected chi connectivity index (χ4v) is 5.01. The van der Waals surface area contributed by atoms with Crippen LogP contribution < -0.4 is 5.32 Å². The van der Waals surface area contributed by atoms with Crippen LogP contribution in [-0.2, 0) is 0 Å². The number of carbonyl (C=O) groups excluding carboxylic acids is 1. The number of benzene rings is 1. The Bertz CT molecular complexity index is 1110. The van der Waals surface area contributed by atoms with Gasteiger partial charge in [0.05, 0.1) is 15.7 Å². The largest absolute Gasteiger partial charge is 0.384 e. The minimum atomic E-state index is 0.0629. The summed E-state index contributed by atoms with van der Waals surface area (Å²) in [5.74, 6) is 0.0629. The van der Waals surface area contributed by atoms with Gasteiger partial charge in [-0.15, -0.1) is 0 Å². The van der Waals surface area contributed by atoms with Gasteiger partial charge in [-0.25, -0.2) is 4.98 Å². The highest BCUT2D eigenvalue weighted by Crippen LogP contribution is 2.31. The van der Waals surface area contributed by atoms with Crippen LogP contribution in [0.4, 0.5) is 5.69 Å². The molecular weight excluding hydrogens is 490 g/mol. The summed E-state index contributed by atoms with van der Waals surface area (Å²) in [5, 5.41) is 4.64. The zero-order valence-corrected chi connectivity index (χ0v) is 21.8. The molecular formula is C27H34BrN5O. The monoisotopic (exact) mass is 523 g/mol. The van der Waals surface area contributed by atoms with E-state index in [1.54, 1.807) is 6.20 Å². The number of nitrogens with one attached hydrogen (secondary N) is 1. The fourth-order valence-electron chi connectivity index (χ4n) is 4.59. The maximum atomic E-state index is 12.7. The number of piperidine rings is 1. The van der Waals surface area contributed by atoms with Crippen LogP contribution in [0.1, 0.15) is 49.9 Å². The van der Waals surface area contributed by atoms with Crippen LogP contribution in [0.25, 0.3) is 22.2 Å². The summed E-state index contributed by atoms with van der Waals surface area (Å²) in [5.41, 5.74) is 4.48. The van der Waals surface area contributed by atoms with Gasteiger partial charge in [0.1, 0.15) is 0 Å². The lowest BCUT2D eigenvalue weighted by Crippen LogP contribution is -2.31. The van der Waals surface area contributed by atoms with Gasteiger partial charge < -0.3 is 15.1 Å². The lowest BCUT2D eigenvalue weighted by atomic mass is 10.1. The van der Waals surface area contributed by atoms with Crippen molar-refractivity contribution in [2.45, 2.75) is 39.5 Å².